The molecule has 0 saturated carbocycles. The van der Waals surface area contributed by atoms with Crippen LogP contribution < -0.4 is 0 Å². The molecule has 2 atom stereocenters. The number of aromatic nitrogens is 1. The minimum atomic E-state index is 0.129. The molecular weight excluding hydrogens is 248 g/mol. The third kappa shape index (κ3) is 2.37. The van der Waals surface area contributed by atoms with Gasteiger partial charge in [-0.1, -0.05) is 0 Å². The molecule has 2 aliphatic rings. The summed E-state index contributed by atoms with van der Waals surface area (Å²) in [5, 5.41) is 0.129. The van der Waals surface area contributed by atoms with Crippen LogP contribution in [0.2, 0.25) is 0 Å². The third-order valence-electron chi connectivity index (χ3n) is 3.38. The molecule has 0 N–H and O–H groups in total. The highest BCUT2D eigenvalue weighted by molar-refractivity contribution is 8.00. The lowest BCUT2D eigenvalue weighted by Crippen LogP contribution is -2.35. The number of hydrogen-bond donors (Lipinski definition) is 0. The normalized spacial score (nSPS) is 28.0. The van der Waals surface area contributed by atoms with E-state index in [1.54, 1.807) is 24.2 Å². The van der Waals surface area contributed by atoms with Crippen LogP contribution in [0.3, 0.4) is 0 Å². The van der Waals surface area contributed by atoms with E-state index in [0.29, 0.717) is 5.75 Å². The van der Waals surface area contributed by atoms with E-state index >= 15 is 0 Å². The quantitative estimate of drug-likeness (QED) is 0.835. The van der Waals surface area contributed by atoms with Crippen molar-refractivity contribution in [3.05, 3.63) is 30.1 Å². The van der Waals surface area contributed by atoms with Gasteiger partial charge >= 0.3 is 0 Å². The molecule has 18 heavy (non-hydrogen) atoms. The van der Waals surface area contributed by atoms with Gasteiger partial charge in [-0.15, -0.1) is 11.8 Å². The van der Waals surface area contributed by atoms with Crippen molar-refractivity contribution in [2.45, 2.75) is 24.3 Å². The number of hydrogen-bond acceptors (Lipinski definition) is 4. The fourth-order valence-electron chi connectivity index (χ4n) is 2.46. The van der Waals surface area contributed by atoms with Crippen LogP contribution in [0, 0.1) is 0 Å². The van der Waals surface area contributed by atoms with E-state index in [9.17, 15) is 4.79 Å². The number of rotatable bonds is 3. The van der Waals surface area contributed by atoms with Gasteiger partial charge in [0.25, 0.3) is 0 Å². The average molecular weight is 264 g/mol. The van der Waals surface area contributed by atoms with Crippen molar-refractivity contribution in [1.82, 2.24) is 9.88 Å². The van der Waals surface area contributed by atoms with Crippen LogP contribution in [0.25, 0.3) is 0 Å². The molecule has 0 radical (unpaired) electrons. The van der Waals surface area contributed by atoms with E-state index in [0.717, 1.165) is 31.6 Å². The fourth-order valence-corrected chi connectivity index (χ4v) is 3.66. The van der Waals surface area contributed by atoms with Crippen molar-refractivity contribution < 1.29 is 9.53 Å². The van der Waals surface area contributed by atoms with Gasteiger partial charge in [-0.25, -0.2) is 0 Å². The highest BCUT2D eigenvalue weighted by atomic mass is 32.2. The van der Waals surface area contributed by atoms with E-state index in [2.05, 4.69) is 4.98 Å². The highest BCUT2D eigenvalue weighted by Gasteiger charge is 2.35. The number of carbonyl (C=O) groups excluding carboxylic acids is 1. The molecule has 1 amide bonds. The molecule has 0 unspecified atom stereocenters. The van der Waals surface area contributed by atoms with Crippen LogP contribution in [0.15, 0.2) is 24.5 Å². The number of pyridine rings is 1. The molecule has 1 aromatic heterocycles. The van der Waals surface area contributed by atoms with E-state index in [1.165, 1.54) is 0 Å². The second-order valence-electron chi connectivity index (χ2n) is 4.63. The van der Waals surface area contributed by atoms with Gasteiger partial charge in [-0.05, 0) is 30.5 Å². The summed E-state index contributed by atoms with van der Waals surface area (Å²) in [4.78, 5) is 18.0. The second-order valence-corrected chi connectivity index (χ2v) is 5.69. The maximum absolute atomic E-state index is 12.0. The average Bonchev–Trinajstić information content (AvgIpc) is 3.03. The van der Waals surface area contributed by atoms with Gasteiger partial charge in [0, 0.05) is 25.5 Å². The highest BCUT2D eigenvalue weighted by Crippen LogP contribution is 2.38. The smallest absolute Gasteiger partial charge is 0.233 e. The molecule has 2 fully saturated rings. The summed E-state index contributed by atoms with van der Waals surface area (Å²) >= 11 is 1.69. The molecule has 96 valence electrons. The predicted octanol–water partition coefficient (Wildman–Crippen LogP) is 1.83. The predicted molar refractivity (Wildman–Crippen MR) is 70.1 cm³/mol. The summed E-state index contributed by atoms with van der Waals surface area (Å²) in [5.74, 6) is 0.789. The first-order valence-electron chi connectivity index (χ1n) is 6.27. The van der Waals surface area contributed by atoms with Crippen molar-refractivity contribution in [1.29, 1.82) is 0 Å². The molecule has 0 aromatic carbocycles. The Kier molecular flexibility index (Phi) is 3.52. The maximum atomic E-state index is 12.0. The zero-order valence-electron chi connectivity index (χ0n) is 10.1. The Bertz CT molecular complexity index is 420. The summed E-state index contributed by atoms with van der Waals surface area (Å²) in [6, 6.07) is 3.97. The molecule has 2 aliphatic heterocycles. The molecule has 5 heteroatoms. The van der Waals surface area contributed by atoms with Crippen LogP contribution in [-0.4, -0.2) is 40.8 Å². The fraction of sp³-hybridized carbons (Fsp3) is 0.538. The lowest BCUT2D eigenvalue weighted by atomic mass is 10.2. The van der Waals surface area contributed by atoms with Crippen molar-refractivity contribution in [2.24, 2.45) is 0 Å². The first-order chi connectivity index (χ1) is 8.84. The van der Waals surface area contributed by atoms with Crippen molar-refractivity contribution in [3.63, 3.8) is 0 Å². The van der Waals surface area contributed by atoms with Gasteiger partial charge in [-0.3, -0.25) is 9.78 Å². The molecule has 3 rings (SSSR count). The lowest BCUT2D eigenvalue weighted by molar-refractivity contribution is -0.129. The molecule has 2 saturated heterocycles. The minimum absolute atomic E-state index is 0.129. The summed E-state index contributed by atoms with van der Waals surface area (Å²) in [7, 11) is 0. The van der Waals surface area contributed by atoms with Gasteiger partial charge in [0.2, 0.25) is 5.91 Å². The largest absolute Gasteiger partial charge is 0.376 e. The first-order valence-corrected chi connectivity index (χ1v) is 7.32. The number of carbonyl (C=O) groups is 1. The van der Waals surface area contributed by atoms with Crippen LogP contribution in [0.5, 0.6) is 0 Å². The van der Waals surface area contributed by atoms with Gasteiger partial charge in [0.15, 0.2) is 0 Å². The number of nitrogens with zero attached hydrogens (tertiary/aromatic N) is 2. The summed E-state index contributed by atoms with van der Waals surface area (Å²) in [6.07, 6.45) is 5.96. The molecule has 0 aliphatic carbocycles. The SMILES string of the molecule is O=C1CS[C@@H](c2ccncc2)N1C[C@H]1CCCO1. The first kappa shape index (κ1) is 12.0. The Balaban J connectivity index is 1.74. The summed E-state index contributed by atoms with van der Waals surface area (Å²) in [5.41, 5.74) is 1.15. The van der Waals surface area contributed by atoms with E-state index < -0.39 is 0 Å². The number of ether oxygens (including phenoxy) is 1. The van der Waals surface area contributed by atoms with Crippen molar-refractivity contribution in [3.8, 4) is 0 Å². The van der Waals surface area contributed by atoms with Crippen LogP contribution in [0.1, 0.15) is 23.8 Å². The molecule has 0 bridgehead atoms. The topological polar surface area (TPSA) is 42.4 Å². The third-order valence-corrected chi connectivity index (χ3v) is 4.64. The Morgan fingerprint density at radius 1 is 1.44 bits per heavy atom. The zero-order chi connectivity index (χ0) is 12.4. The monoisotopic (exact) mass is 264 g/mol. The van der Waals surface area contributed by atoms with Crippen LogP contribution >= 0.6 is 11.8 Å². The van der Waals surface area contributed by atoms with E-state index in [-0.39, 0.29) is 17.4 Å². The van der Waals surface area contributed by atoms with Crippen molar-refractivity contribution in [2.75, 3.05) is 18.9 Å². The van der Waals surface area contributed by atoms with Crippen LogP contribution in [-0.2, 0) is 9.53 Å². The van der Waals surface area contributed by atoms with Gasteiger partial charge in [0.1, 0.15) is 5.37 Å². The minimum Gasteiger partial charge on any atom is -0.376 e. The molecule has 3 heterocycles. The lowest BCUT2D eigenvalue weighted by Gasteiger charge is -2.26. The van der Waals surface area contributed by atoms with Crippen molar-refractivity contribution >= 4 is 17.7 Å². The Morgan fingerprint density at radius 3 is 3.00 bits per heavy atom. The standard InChI is InChI=1S/C13H16N2O2S/c16-12-9-18-13(10-3-5-14-6-4-10)15(12)8-11-2-1-7-17-11/h3-6,11,13H,1-2,7-9H2/t11-,13+/m1/s1. The summed E-state index contributed by atoms with van der Waals surface area (Å²) < 4.78 is 5.63. The Morgan fingerprint density at radius 2 is 2.28 bits per heavy atom. The van der Waals surface area contributed by atoms with Gasteiger partial charge < -0.3 is 9.64 Å². The molecule has 0 spiro atoms. The molecular formula is C13H16N2O2S. The Hall–Kier alpha value is -1.07. The Labute approximate surface area is 111 Å². The molecule has 4 nitrogen and oxygen atoms in total. The number of thioether (sulfide) groups is 1. The van der Waals surface area contributed by atoms with E-state index in [1.807, 2.05) is 17.0 Å². The maximum Gasteiger partial charge on any atom is 0.233 e. The number of amides is 1. The summed E-state index contributed by atoms with van der Waals surface area (Å²) in [6.45, 7) is 1.55. The second kappa shape index (κ2) is 5.28. The molecule has 1 aromatic rings. The van der Waals surface area contributed by atoms with Gasteiger partial charge in [0.05, 0.1) is 11.9 Å². The van der Waals surface area contributed by atoms with E-state index in [4.69, 9.17) is 4.74 Å². The zero-order valence-corrected chi connectivity index (χ0v) is 10.9. The van der Waals surface area contributed by atoms with Gasteiger partial charge in [-0.2, -0.15) is 0 Å². The van der Waals surface area contributed by atoms with Crippen LogP contribution in [0.4, 0.5) is 0 Å².